The molecule has 4 rings (SSSR count). The number of nitrogens with zero attached hydrogens (tertiary/aromatic N) is 2. The Morgan fingerprint density at radius 1 is 1.03 bits per heavy atom. The molecular formula is C24H20FN5O3S. The van der Waals surface area contributed by atoms with E-state index in [0.29, 0.717) is 33.3 Å². The van der Waals surface area contributed by atoms with E-state index < -0.39 is 11.7 Å². The van der Waals surface area contributed by atoms with Crippen LogP contribution in [0.5, 0.6) is 5.75 Å². The lowest BCUT2D eigenvalue weighted by molar-refractivity contribution is -0.116. The molecule has 1 aromatic heterocycles. The fraction of sp³-hybridized carbons (Fsp3) is 0.0833. The molecule has 0 spiro atoms. The van der Waals surface area contributed by atoms with Crippen LogP contribution in [0.4, 0.5) is 15.8 Å². The number of carbonyl (C=O) groups is 2. The van der Waals surface area contributed by atoms with Gasteiger partial charge in [-0.1, -0.05) is 12.1 Å². The smallest absolute Gasteiger partial charge is 0.255 e. The Kier molecular flexibility index (Phi) is 6.79. The third kappa shape index (κ3) is 5.36. The monoisotopic (exact) mass is 477 g/mol. The molecule has 8 nitrogen and oxygen atoms in total. The van der Waals surface area contributed by atoms with E-state index in [4.69, 9.17) is 17.0 Å². The van der Waals surface area contributed by atoms with Gasteiger partial charge < -0.3 is 15.4 Å². The molecule has 0 radical (unpaired) electrons. The summed E-state index contributed by atoms with van der Waals surface area (Å²) in [5.41, 5.74) is 1.83. The third-order valence-electron chi connectivity index (χ3n) is 4.90. The summed E-state index contributed by atoms with van der Waals surface area (Å²) >= 11 is 5.29. The minimum atomic E-state index is -0.453. The summed E-state index contributed by atoms with van der Waals surface area (Å²) in [7, 11) is 1.58. The van der Waals surface area contributed by atoms with Gasteiger partial charge in [0.1, 0.15) is 18.1 Å². The molecule has 0 unspecified atom stereocenters. The van der Waals surface area contributed by atoms with Gasteiger partial charge in [0.15, 0.2) is 10.6 Å². The van der Waals surface area contributed by atoms with E-state index >= 15 is 0 Å². The number of hydrogen-bond acceptors (Lipinski definition) is 5. The van der Waals surface area contributed by atoms with Crippen molar-refractivity contribution in [3.8, 4) is 17.1 Å². The first-order valence-corrected chi connectivity index (χ1v) is 10.6. The molecule has 10 heteroatoms. The highest BCUT2D eigenvalue weighted by Crippen LogP contribution is 2.21. The summed E-state index contributed by atoms with van der Waals surface area (Å²) in [4.78, 5) is 25.3. The van der Waals surface area contributed by atoms with E-state index in [1.54, 1.807) is 48.1 Å². The number of nitrogens with one attached hydrogen (secondary N) is 3. The third-order valence-corrected chi connectivity index (χ3v) is 5.21. The largest absolute Gasteiger partial charge is 0.497 e. The number of halogens is 1. The van der Waals surface area contributed by atoms with Crippen molar-refractivity contribution >= 4 is 35.4 Å². The second-order valence-corrected chi connectivity index (χ2v) is 7.65. The Bertz CT molecular complexity index is 1400. The van der Waals surface area contributed by atoms with Gasteiger partial charge >= 0.3 is 0 Å². The van der Waals surface area contributed by atoms with Crippen molar-refractivity contribution in [1.82, 2.24) is 14.8 Å². The molecule has 0 saturated heterocycles. The van der Waals surface area contributed by atoms with E-state index in [9.17, 15) is 14.0 Å². The molecule has 3 N–H and O–H groups in total. The lowest BCUT2D eigenvalue weighted by Gasteiger charge is -2.10. The number of aromatic nitrogens is 3. The predicted octanol–water partition coefficient (Wildman–Crippen LogP) is 4.65. The van der Waals surface area contributed by atoms with Gasteiger partial charge in [0.05, 0.1) is 7.11 Å². The molecule has 2 amide bonds. The van der Waals surface area contributed by atoms with E-state index in [0.717, 1.165) is 5.56 Å². The van der Waals surface area contributed by atoms with Crippen molar-refractivity contribution in [3.05, 3.63) is 88.9 Å². The van der Waals surface area contributed by atoms with Crippen molar-refractivity contribution in [2.45, 2.75) is 6.54 Å². The second kappa shape index (κ2) is 10.1. The molecule has 0 aliphatic rings. The fourth-order valence-corrected chi connectivity index (χ4v) is 3.47. The number of H-pyrrole nitrogens is 1. The van der Waals surface area contributed by atoms with Crippen LogP contribution in [0.25, 0.3) is 11.4 Å². The number of ether oxygens (including phenoxy) is 1. The molecule has 34 heavy (non-hydrogen) atoms. The number of anilines is 2. The number of carbonyl (C=O) groups excluding carboxylic acids is 2. The van der Waals surface area contributed by atoms with Gasteiger partial charge in [-0.15, -0.1) is 0 Å². The summed E-state index contributed by atoms with van der Waals surface area (Å²) in [5, 5.41) is 12.3. The first-order valence-electron chi connectivity index (χ1n) is 10.2. The number of amides is 2. The number of hydrogen-bond donors (Lipinski definition) is 3. The molecular weight excluding hydrogens is 457 g/mol. The van der Waals surface area contributed by atoms with Gasteiger partial charge in [-0.05, 0) is 72.9 Å². The van der Waals surface area contributed by atoms with Crippen molar-refractivity contribution in [2.24, 2.45) is 0 Å². The summed E-state index contributed by atoms with van der Waals surface area (Å²) in [6.45, 7) is -0.0869. The number of aromatic amines is 1. The van der Waals surface area contributed by atoms with Gasteiger partial charge in [0.2, 0.25) is 5.91 Å². The maximum atomic E-state index is 13.4. The van der Waals surface area contributed by atoms with E-state index in [2.05, 4.69) is 20.8 Å². The van der Waals surface area contributed by atoms with Gasteiger partial charge in [0, 0.05) is 22.5 Å². The van der Waals surface area contributed by atoms with E-state index in [1.165, 1.54) is 24.3 Å². The quantitative estimate of drug-likeness (QED) is 0.337. The predicted molar refractivity (Wildman–Crippen MR) is 129 cm³/mol. The highest BCUT2D eigenvalue weighted by Gasteiger charge is 2.14. The Morgan fingerprint density at radius 2 is 1.74 bits per heavy atom. The Hall–Kier alpha value is -4.31. The van der Waals surface area contributed by atoms with Crippen LogP contribution in [-0.4, -0.2) is 33.7 Å². The van der Waals surface area contributed by atoms with E-state index in [-0.39, 0.29) is 12.5 Å². The Labute approximate surface area is 199 Å². The van der Waals surface area contributed by atoms with Gasteiger partial charge in [0.25, 0.3) is 5.91 Å². The maximum absolute atomic E-state index is 13.4. The van der Waals surface area contributed by atoms with Gasteiger partial charge in [-0.3, -0.25) is 19.3 Å². The maximum Gasteiger partial charge on any atom is 0.255 e. The average molecular weight is 478 g/mol. The number of methoxy groups -OCH3 is 1. The van der Waals surface area contributed by atoms with E-state index in [1.807, 2.05) is 12.1 Å². The molecule has 4 aromatic rings. The zero-order chi connectivity index (χ0) is 24.1. The topological polar surface area (TPSA) is 101 Å². The Morgan fingerprint density at radius 3 is 2.44 bits per heavy atom. The van der Waals surface area contributed by atoms with Crippen LogP contribution in [0.15, 0.2) is 72.8 Å². The van der Waals surface area contributed by atoms with Crippen molar-refractivity contribution in [2.75, 3.05) is 17.7 Å². The van der Waals surface area contributed by atoms with Crippen LogP contribution in [0, 0.1) is 10.6 Å². The SMILES string of the molecule is COc1ccc(-c2n[nH]c(=S)n2CC(=O)Nc2cccc(C(=O)Nc3cccc(F)c3)c2)cc1. The van der Waals surface area contributed by atoms with Crippen LogP contribution in [0.1, 0.15) is 10.4 Å². The number of benzene rings is 3. The van der Waals surface area contributed by atoms with Gasteiger partial charge in [-0.2, -0.15) is 5.10 Å². The van der Waals surface area contributed by atoms with Crippen LogP contribution in [0.3, 0.4) is 0 Å². The lowest BCUT2D eigenvalue weighted by atomic mass is 10.1. The summed E-state index contributed by atoms with van der Waals surface area (Å²) < 4.78 is 20.4. The zero-order valence-corrected chi connectivity index (χ0v) is 18.9. The van der Waals surface area contributed by atoms with Crippen LogP contribution >= 0.6 is 12.2 Å². The summed E-state index contributed by atoms with van der Waals surface area (Å²) in [6, 6.07) is 19.2. The molecule has 0 fully saturated rings. The molecule has 0 saturated carbocycles. The summed E-state index contributed by atoms with van der Waals surface area (Å²) in [6.07, 6.45) is 0. The standard InChI is InChI=1S/C24H20FN5O3S/c1-33-20-10-8-15(9-11-20)22-28-29-24(34)30(22)14-21(31)26-18-6-2-4-16(12-18)23(32)27-19-7-3-5-17(25)13-19/h2-13H,14H2,1H3,(H,26,31)(H,27,32)(H,29,34). The molecule has 0 aliphatic carbocycles. The lowest BCUT2D eigenvalue weighted by Crippen LogP contribution is -2.20. The van der Waals surface area contributed by atoms with Crippen molar-refractivity contribution in [3.63, 3.8) is 0 Å². The zero-order valence-electron chi connectivity index (χ0n) is 18.0. The first kappa shape index (κ1) is 22.9. The molecule has 172 valence electrons. The van der Waals surface area contributed by atoms with Crippen molar-refractivity contribution < 1.29 is 18.7 Å². The van der Waals surface area contributed by atoms with Crippen molar-refractivity contribution in [1.29, 1.82) is 0 Å². The average Bonchev–Trinajstić information content (AvgIpc) is 3.19. The normalized spacial score (nSPS) is 10.5. The van der Waals surface area contributed by atoms with Crippen LogP contribution in [-0.2, 0) is 11.3 Å². The van der Waals surface area contributed by atoms with Gasteiger partial charge in [-0.25, -0.2) is 4.39 Å². The Balaban J connectivity index is 1.46. The molecule has 0 atom stereocenters. The van der Waals surface area contributed by atoms with Crippen LogP contribution < -0.4 is 15.4 Å². The number of rotatable bonds is 7. The van der Waals surface area contributed by atoms with Crippen LogP contribution in [0.2, 0.25) is 0 Å². The summed E-state index contributed by atoms with van der Waals surface area (Å²) in [5.74, 6) is -0.0318. The fourth-order valence-electron chi connectivity index (χ4n) is 3.28. The highest BCUT2D eigenvalue weighted by atomic mass is 32.1. The minimum Gasteiger partial charge on any atom is -0.497 e. The molecule has 1 heterocycles. The molecule has 0 aliphatic heterocycles. The molecule has 3 aromatic carbocycles. The highest BCUT2D eigenvalue weighted by molar-refractivity contribution is 7.71. The first-order chi connectivity index (χ1) is 16.4. The second-order valence-electron chi connectivity index (χ2n) is 7.26. The molecule has 0 bridgehead atoms. The minimum absolute atomic E-state index is 0.0869.